The molecule has 3 heterocycles. The summed E-state index contributed by atoms with van der Waals surface area (Å²) in [5.74, 6) is 1.67. The van der Waals surface area contributed by atoms with Gasteiger partial charge in [-0.1, -0.05) is 22.9 Å². The summed E-state index contributed by atoms with van der Waals surface area (Å²) >= 11 is 7.01. The van der Waals surface area contributed by atoms with Crippen molar-refractivity contribution in [2.24, 2.45) is 0 Å². The molecule has 3 N–H and O–H groups in total. The third-order valence-electron chi connectivity index (χ3n) is 7.96. The van der Waals surface area contributed by atoms with E-state index >= 15 is 0 Å². The topological polar surface area (TPSA) is 117 Å². The number of likely N-dealkylation sites (N-methyl/N-ethyl adjacent to an activating group) is 1. The van der Waals surface area contributed by atoms with E-state index in [0.717, 1.165) is 43.0 Å². The number of nitrogens with zero attached hydrogens (tertiary/aromatic N) is 5. The molecule has 1 aliphatic heterocycles. The predicted octanol–water partition coefficient (Wildman–Crippen LogP) is 7.32. The molecule has 0 radical (unpaired) electrons. The molecule has 2 amide bonds. The number of urea groups is 1. The number of carbonyl (C=O) groups excluding carboxylic acids is 1. The summed E-state index contributed by atoms with van der Waals surface area (Å²) in [4.78, 5) is 30.8. The summed E-state index contributed by atoms with van der Waals surface area (Å²) in [6.07, 6.45) is -3.20. The lowest BCUT2D eigenvalue weighted by molar-refractivity contribution is -0.137. The fourth-order valence-corrected chi connectivity index (χ4v) is 6.41. The van der Waals surface area contributed by atoms with Gasteiger partial charge in [-0.2, -0.15) is 13.2 Å². The number of methoxy groups -OCH3 is 1. The normalized spacial score (nSPS) is 15.0. The molecule has 3 aromatic carbocycles. The van der Waals surface area contributed by atoms with E-state index in [4.69, 9.17) is 21.1 Å². The molecule has 1 saturated heterocycles. The van der Waals surface area contributed by atoms with E-state index in [1.54, 1.807) is 25.3 Å². The minimum Gasteiger partial charge on any atom is -0.493 e. The van der Waals surface area contributed by atoms with Gasteiger partial charge in [0.15, 0.2) is 16.6 Å². The van der Waals surface area contributed by atoms with Gasteiger partial charge in [-0.05, 0) is 56.4 Å². The molecule has 16 heteroatoms. The first-order chi connectivity index (χ1) is 23.0. The summed E-state index contributed by atoms with van der Waals surface area (Å²) in [6.45, 7) is 6.72. The van der Waals surface area contributed by atoms with Crippen molar-refractivity contribution in [2.75, 3.05) is 62.9 Å². The summed E-state index contributed by atoms with van der Waals surface area (Å²) in [5.41, 5.74) is 0.663. The van der Waals surface area contributed by atoms with E-state index in [9.17, 15) is 18.0 Å². The third kappa shape index (κ3) is 7.65. The molecule has 1 atom stereocenters. The Bertz CT molecular complexity index is 1950. The van der Waals surface area contributed by atoms with Crippen molar-refractivity contribution in [3.05, 3.63) is 65.4 Å². The molecule has 0 saturated carbocycles. The Morgan fingerprint density at radius 2 is 1.73 bits per heavy atom. The van der Waals surface area contributed by atoms with Crippen molar-refractivity contribution in [1.29, 1.82) is 0 Å². The fourth-order valence-electron chi connectivity index (χ4n) is 5.29. The summed E-state index contributed by atoms with van der Waals surface area (Å²) < 4.78 is 52.2. The Hall–Kier alpha value is -4.44. The van der Waals surface area contributed by atoms with Gasteiger partial charge in [-0.3, -0.25) is 4.90 Å². The van der Waals surface area contributed by atoms with E-state index in [-0.39, 0.29) is 11.7 Å². The number of rotatable bonds is 9. The molecule has 6 rings (SSSR count). The smallest absolute Gasteiger partial charge is 0.417 e. The molecule has 1 fully saturated rings. The van der Waals surface area contributed by atoms with Crippen LogP contribution in [0, 0.1) is 0 Å². The highest BCUT2D eigenvalue weighted by Gasteiger charge is 2.33. The highest BCUT2D eigenvalue weighted by molar-refractivity contribution is 7.22. The minimum atomic E-state index is -4.65. The van der Waals surface area contributed by atoms with Crippen LogP contribution in [0.4, 0.5) is 40.3 Å². The van der Waals surface area contributed by atoms with Crippen LogP contribution in [-0.2, 0) is 6.18 Å². The second kappa shape index (κ2) is 14.0. The highest BCUT2D eigenvalue weighted by atomic mass is 35.5. The molecule has 2 aromatic heterocycles. The first-order valence-corrected chi connectivity index (χ1v) is 16.2. The van der Waals surface area contributed by atoms with Crippen LogP contribution in [0.25, 0.3) is 21.1 Å². The predicted molar refractivity (Wildman–Crippen MR) is 182 cm³/mol. The van der Waals surface area contributed by atoms with Crippen LogP contribution in [0.5, 0.6) is 11.5 Å². The van der Waals surface area contributed by atoms with Gasteiger partial charge >= 0.3 is 12.2 Å². The maximum absolute atomic E-state index is 13.2. The van der Waals surface area contributed by atoms with E-state index < -0.39 is 22.8 Å². The number of piperazine rings is 1. The van der Waals surface area contributed by atoms with Gasteiger partial charge in [-0.15, -0.1) is 0 Å². The van der Waals surface area contributed by atoms with Crippen LogP contribution in [0.3, 0.4) is 0 Å². The Morgan fingerprint density at radius 3 is 2.46 bits per heavy atom. The van der Waals surface area contributed by atoms with Crippen molar-refractivity contribution >= 4 is 72.4 Å². The van der Waals surface area contributed by atoms with Gasteiger partial charge in [0.2, 0.25) is 0 Å². The van der Waals surface area contributed by atoms with Gasteiger partial charge in [0, 0.05) is 55.0 Å². The SMILES string of the molecule is COc1cc2c(Nc3nc4ccc(NC(=O)Nc5ccc(Cl)c(C(F)(F)F)c5)cc4s3)ncnc2cc1OCC(C)N1CCN(C)CC1. The standard InChI is InChI=1S/C32H32ClF3N8O3S/c1-18(44-10-8-43(2)9-11-44)16-47-27-15-25-21(14-26(27)46-3)29(38-17-37-25)42-31-41-24-7-5-20(13-28(24)48-31)40-30(45)39-19-4-6-23(33)22(12-19)32(34,35)36/h4-7,12-15,17-18H,8-11,16H2,1-3H3,(H2,39,40,45)(H,37,38,41,42). The Kier molecular flexibility index (Phi) is 9.73. The van der Waals surface area contributed by atoms with Crippen molar-refractivity contribution in [2.45, 2.75) is 19.1 Å². The lowest BCUT2D eigenvalue weighted by Gasteiger charge is -2.36. The van der Waals surface area contributed by atoms with Crippen LogP contribution >= 0.6 is 22.9 Å². The zero-order chi connectivity index (χ0) is 34.0. The number of nitrogens with one attached hydrogen (secondary N) is 3. The average molecular weight is 701 g/mol. The largest absolute Gasteiger partial charge is 0.493 e. The molecule has 252 valence electrons. The third-order valence-corrected chi connectivity index (χ3v) is 9.23. The highest BCUT2D eigenvalue weighted by Crippen LogP contribution is 2.38. The van der Waals surface area contributed by atoms with Crippen molar-refractivity contribution in [3.63, 3.8) is 0 Å². The van der Waals surface area contributed by atoms with Crippen molar-refractivity contribution in [1.82, 2.24) is 24.8 Å². The Balaban J connectivity index is 1.14. The monoisotopic (exact) mass is 700 g/mol. The molecular formula is C32H32ClF3N8O3S. The number of hydrogen-bond acceptors (Lipinski definition) is 10. The number of amides is 2. The number of aromatic nitrogens is 3. The van der Waals surface area contributed by atoms with Crippen LogP contribution in [-0.4, -0.2) is 83.8 Å². The number of fused-ring (bicyclic) bond motifs is 2. The van der Waals surface area contributed by atoms with Crippen LogP contribution in [0.1, 0.15) is 12.5 Å². The van der Waals surface area contributed by atoms with Crippen LogP contribution in [0.2, 0.25) is 5.02 Å². The number of halogens is 4. The molecule has 0 spiro atoms. The van der Waals surface area contributed by atoms with Gasteiger partial charge < -0.3 is 30.3 Å². The first kappa shape index (κ1) is 33.5. The number of ether oxygens (including phenoxy) is 2. The summed E-state index contributed by atoms with van der Waals surface area (Å²) in [5, 5.41) is 9.11. The quantitative estimate of drug-likeness (QED) is 0.145. The van der Waals surface area contributed by atoms with Crippen molar-refractivity contribution < 1.29 is 27.4 Å². The molecule has 48 heavy (non-hydrogen) atoms. The molecule has 5 aromatic rings. The Labute approximate surface area is 283 Å². The van der Waals surface area contributed by atoms with Crippen molar-refractivity contribution in [3.8, 4) is 11.5 Å². The molecule has 0 aliphatic carbocycles. The Morgan fingerprint density at radius 1 is 1.00 bits per heavy atom. The zero-order valence-corrected chi connectivity index (χ0v) is 27.8. The van der Waals surface area contributed by atoms with Crippen LogP contribution < -0.4 is 25.4 Å². The van der Waals surface area contributed by atoms with E-state index in [0.29, 0.717) is 51.2 Å². The number of thiazole rings is 1. The number of carbonyl (C=O) groups is 1. The second-order valence-electron chi connectivity index (χ2n) is 11.3. The zero-order valence-electron chi connectivity index (χ0n) is 26.2. The molecule has 1 aliphatic rings. The van der Waals surface area contributed by atoms with Crippen LogP contribution in [0.15, 0.2) is 54.9 Å². The summed E-state index contributed by atoms with van der Waals surface area (Å²) in [6, 6.07) is 11.4. The van der Waals surface area contributed by atoms with Gasteiger partial charge in [0.1, 0.15) is 18.8 Å². The average Bonchev–Trinajstić information content (AvgIpc) is 3.45. The fraction of sp³-hybridized carbons (Fsp3) is 0.312. The second-order valence-corrected chi connectivity index (χ2v) is 12.8. The number of hydrogen-bond donors (Lipinski definition) is 3. The minimum absolute atomic E-state index is 0.0535. The lowest BCUT2D eigenvalue weighted by Crippen LogP contribution is -2.49. The van der Waals surface area contributed by atoms with Gasteiger partial charge in [-0.25, -0.2) is 19.7 Å². The van der Waals surface area contributed by atoms with E-state index in [1.165, 1.54) is 23.7 Å². The summed E-state index contributed by atoms with van der Waals surface area (Å²) in [7, 11) is 3.72. The van der Waals surface area contributed by atoms with E-state index in [1.807, 2.05) is 12.1 Å². The van der Waals surface area contributed by atoms with E-state index in [2.05, 4.69) is 54.7 Å². The lowest BCUT2D eigenvalue weighted by atomic mass is 10.2. The molecule has 11 nitrogen and oxygen atoms in total. The maximum Gasteiger partial charge on any atom is 0.417 e. The number of anilines is 4. The first-order valence-electron chi connectivity index (χ1n) is 15.0. The molecule has 1 unspecified atom stereocenters. The van der Waals surface area contributed by atoms with Gasteiger partial charge in [0.05, 0.1) is 33.4 Å². The maximum atomic E-state index is 13.2. The van der Waals surface area contributed by atoms with Gasteiger partial charge in [0.25, 0.3) is 0 Å². The molecule has 0 bridgehead atoms. The molecular weight excluding hydrogens is 669 g/mol. The number of alkyl halides is 3. The number of benzene rings is 3.